The van der Waals surface area contributed by atoms with Crippen LogP contribution in [0.25, 0.3) is 10.9 Å². The van der Waals surface area contributed by atoms with Crippen molar-refractivity contribution in [1.29, 1.82) is 0 Å². The van der Waals surface area contributed by atoms with Gasteiger partial charge in [-0.3, -0.25) is 0 Å². The number of aromatic nitrogens is 2. The largest absolute Gasteiger partial charge is 0.368 e. The standard InChI is InChI=1S/C15H22N4/c1-4-10(2)9-11(3)17-14-12-7-5-6-8-13(12)18-15(16)19-14/h5-8,10-11H,4,9H2,1-3H3,(H3,16,17,18,19). The smallest absolute Gasteiger partial charge is 0.222 e. The maximum Gasteiger partial charge on any atom is 0.222 e. The summed E-state index contributed by atoms with van der Waals surface area (Å²) in [5.74, 6) is 1.85. The molecule has 0 bridgehead atoms. The van der Waals surface area contributed by atoms with Gasteiger partial charge in [0.25, 0.3) is 0 Å². The van der Waals surface area contributed by atoms with Gasteiger partial charge in [0.2, 0.25) is 5.95 Å². The lowest BCUT2D eigenvalue weighted by Gasteiger charge is -2.19. The highest BCUT2D eigenvalue weighted by Gasteiger charge is 2.11. The van der Waals surface area contributed by atoms with Gasteiger partial charge in [0.15, 0.2) is 0 Å². The lowest BCUT2D eigenvalue weighted by molar-refractivity contribution is 0.483. The van der Waals surface area contributed by atoms with Crippen LogP contribution in [-0.4, -0.2) is 16.0 Å². The number of fused-ring (bicyclic) bond motifs is 1. The van der Waals surface area contributed by atoms with Crippen molar-refractivity contribution in [1.82, 2.24) is 9.97 Å². The highest BCUT2D eigenvalue weighted by molar-refractivity contribution is 5.89. The molecule has 1 aromatic carbocycles. The summed E-state index contributed by atoms with van der Waals surface area (Å²) >= 11 is 0. The van der Waals surface area contributed by atoms with Crippen LogP contribution in [0.4, 0.5) is 11.8 Å². The van der Waals surface area contributed by atoms with Gasteiger partial charge in [0.05, 0.1) is 5.52 Å². The molecule has 0 saturated heterocycles. The fourth-order valence-corrected chi connectivity index (χ4v) is 2.27. The Kier molecular flexibility index (Phi) is 4.20. The third-order valence-electron chi connectivity index (χ3n) is 3.46. The van der Waals surface area contributed by atoms with E-state index in [2.05, 4.69) is 36.1 Å². The summed E-state index contributed by atoms with van der Waals surface area (Å²) in [5.41, 5.74) is 6.65. The number of hydrogen-bond donors (Lipinski definition) is 2. The van der Waals surface area contributed by atoms with E-state index in [1.165, 1.54) is 6.42 Å². The molecule has 0 aliphatic carbocycles. The summed E-state index contributed by atoms with van der Waals surface area (Å²) in [6, 6.07) is 8.30. The number of para-hydroxylation sites is 1. The number of hydrogen-bond acceptors (Lipinski definition) is 4. The molecule has 1 heterocycles. The second kappa shape index (κ2) is 5.87. The molecule has 0 fully saturated rings. The Balaban J connectivity index is 2.24. The molecule has 19 heavy (non-hydrogen) atoms. The third kappa shape index (κ3) is 3.34. The maximum atomic E-state index is 5.77. The van der Waals surface area contributed by atoms with E-state index in [1.54, 1.807) is 0 Å². The Hall–Kier alpha value is -1.84. The van der Waals surface area contributed by atoms with Crippen molar-refractivity contribution >= 4 is 22.7 Å². The second-order valence-electron chi connectivity index (χ2n) is 5.24. The zero-order valence-corrected chi connectivity index (χ0v) is 11.9. The summed E-state index contributed by atoms with van der Waals surface area (Å²) in [5, 5.41) is 4.48. The molecular weight excluding hydrogens is 236 g/mol. The molecule has 2 rings (SSSR count). The summed E-state index contributed by atoms with van der Waals surface area (Å²) in [4.78, 5) is 8.58. The number of benzene rings is 1. The van der Waals surface area contributed by atoms with Crippen LogP contribution in [-0.2, 0) is 0 Å². The molecule has 102 valence electrons. The fraction of sp³-hybridized carbons (Fsp3) is 0.467. The van der Waals surface area contributed by atoms with E-state index in [9.17, 15) is 0 Å². The Morgan fingerprint density at radius 1 is 1.21 bits per heavy atom. The molecule has 0 spiro atoms. The average Bonchev–Trinajstić information content (AvgIpc) is 2.38. The molecule has 1 aromatic heterocycles. The van der Waals surface area contributed by atoms with Gasteiger partial charge in [-0.15, -0.1) is 0 Å². The molecule has 0 saturated carbocycles. The van der Waals surface area contributed by atoms with Crippen molar-refractivity contribution in [2.24, 2.45) is 5.92 Å². The van der Waals surface area contributed by atoms with E-state index in [4.69, 9.17) is 5.73 Å². The lowest BCUT2D eigenvalue weighted by atomic mass is 10.0. The molecule has 0 amide bonds. The fourth-order valence-electron chi connectivity index (χ4n) is 2.27. The number of nitrogens with two attached hydrogens (primary N) is 1. The van der Waals surface area contributed by atoms with Gasteiger partial charge in [0, 0.05) is 11.4 Å². The average molecular weight is 258 g/mol. The van der Waals surface area contributed by atoms with E-state index in [1.807, 2.05) is 24.3 Å². The molecule has 4 nitrogen and oxygen atoms in total. The minimum absolute atomic E-state index is 0.317. The van der Waals surface area contributed by atoms with Crippen molar-refractivity contribution in [3.05, 3.63) is 24.3 Å². The van der Waals surface area contributed by atoms with E-state index < -0.39 is 0 Å². The number of nitrogens with one attached hydrogen (secondary N) is 1. The molecule has 0 radical (unpaired) electrons. The first-order chi connectivity index (χ1) is 9.10. The molecule has 0 aliphatic heterocycles. The number of nitrogens with zero attached hydrogens (tertiary/aromatic N) is 2. The van der Waals surface area contributed by atoms with Crippen LogP contribution >= 0.6 is 0 Å². The van der Waals surface area contributed by atoms with E-state index in [0.717, 1.165) is 23.1 Å². The molecule has 2 unspecified atom stereocenters. The van der Waals surface area contributed by atoms with Gasteiger partial charge in [0.1, 0.15) is 5.82 Å². The van der Waals surface area contributed by atoms with Gasteiger partial charge >= 0.3 is 0 Å². The predicted molar refractivity (Wildman–Crippen MR) is 81.1 cm³/mol. The number of anilines is 2. The number of rotatable bonds is 5. The summed E-state index contributed by atoms with van der Waals surface area (Å²) < 4.78 is 0. The van der Waals surface area contributed by atoms with Crippen LogP contribution in [0.1, 0.15) is 33.6 Å². The molecule has 2 aromatic rings. The van der Waals surface area contributed by atoms with Gasteiger partial charge in [-0.1, -0.05) is 32.4 Å². The summed E-state index contributed by atoms with van der Waals surface area (Å²) in [6.45, 7) is 6.67. The third-order valence-corrected chi connectivity index (χ3v) is 3.46. The van der Waals surface area contributed by atoms with Crippen LogP contribution in [0.5, 0.6) is 0 Å². The topological polar surface area (TPSA) is 63.8 Å². The Morgan fingerprint density at radius 3 is 2.68 bits per heavy atom. The number of nitrogen functional groups attached to an aromatic ring is 1. The monoisotopic (exact) mass is 258 g/mol. The van der Waals surface area contributed by atoms with Crippen molar-refractivity contribution in [2.75, 3.05) is 11.1 Å². The molecule has 3 N–H and O–H groups in total. The zero-order chi connectivity index (χ0) is 13.8. The van der Waals surface area contributed by atoms with Crippen molar-refractivity contribution in [2.45, 2.75) is 39.7 Å². The Labute approximate surface area is 114 Å². The minimum atomic E-state index is 0.317. The molecule has 0 aliphatic rings. The van der Waals surface area contributed by atoms with Gasteiger partial charge < -0.3 is 11.1 Å². The van der Waals surface area contributed by atoms with Gasteiger partial charge in [-0.05, 0) is 31.4 Å². The predicted octanol–water partition coefficient (Wildman–Crippen LogP) is 3.45. The first-order valence-electron chi connectivity index (χ1n) is 6.89. The van der Waals surface area contributed by atoms with E-state index in [-0.39, 0.29) is 0 Å². The quantitative estimate of drug-likeness (QED) is 0.862. The maximum absolute atomic E-state index is 5.77. The van der Waals surface area contributed by atoms with Crippen molar-refractivity contribution in [3.63, 3.8) is 0 Å². The van der Waals surface area contributed by atoms with Gasteiger partial charge in [-0.25, -0.2) is 4.98 Å². The second-order valence-corrected chi connectivity index (χ2v) is 5.24. The highest BCUT2D eigenvalue weighted by Crippen LogP contribution is 2.22. The normalized spacial score (nSPS) is 14.3. The van der Waals surface area contributed by atoms with Crippen LogP contribution in [0.2, 0.25) is 0 Å². The summed E-state index contributed by atoms with van der Waals surface area (Å²) in [7, 11) is 0. The van der Waals surface area contributed by atoms with Crippen molar-refractivity contribution in [3.8, 4) is 0 Å². The Bertz CT molecular complexity index is 553. The van der Waals surface area contributed by atoms with Crippen LogP contribution < -0.4 is 11.1 Å². The van der Waals surface area contributed by atoms with Crippen LogP contribution in [0.15, 0.2) is 24.3 Å². The molecular formula is C15H22N4. The summed E-state index contributed by atoms with van der Waals surface area (Å²) in [6.07, 6.45) is 2.31. The first kappa shape index (κ1) is 13.6. The van der Waals surface area contributed by atoms with Gasteiger partial charge in [-0.2, -0.15) is 4.98 Å². The van der Waals surface area contributed by atoms with Crippen molar-refractivity contribution < 1.29 is 0 Å². The highest BCUT2D eigenvalue weighted by atomic mass is 15.1. The SMILES string of the molecule is CCC(C)CC(C)Nc1nc(N)nc2ccccc12. The van der Waals surface area contributed by atoms with E-state index >= 15 is 0 Å². The Morgan fingerprint density at radius 2 is 1.95 bits per heavy atom. The zero-order valence-electron chi connectivity index (χ0n) is 11.9. The molecule has 4 heteroatoms. The van der Waals surface area contributed by atoms with Crippen LogP contribution in [0, 0.1) is 5.92 Å². The minimum Gasteiger partial charge on any atom is -0.368 e. The van der Waals surface area contributed by atoms with E-state index in [0.29, 0.717) is 17.9 Å². The first-order valence-corrected chi connectivity index (χ1v) is 6.89. The lowest BCUT2D eigenvalue weighted by Crippen LogP contribution is -2.19. The molecule has 2 atom stereocenters. The van der Waals surface area contributed by atoms with Crippen LogP contribution in [0.3, 0.4) is 0 Å².